The Balaban J connectivity index is 2.14. The second kappa shape index (κ2) is 7.94. The summed E-state index contributed by atoms with van der Waals surface area (Å²) in [5.74, 6) is 0.850. The first kappa shape index (κ1) is 19.1. The van der Waals surface area contributed by atoms with E-state index in [-0.39, 0.29) is 11.6 Å². The molecule has 0 bridgehead atoms. The molecule has 0 aliphatic rings. The Morgan fingerprint density at radius 2 is 1.93 bits per heavy atom. The Labute approximate surface area is 163 Å². The number of pyridine rings is 2. The number of phenolic OH excluding ortho intramolecular Hbond substituents is 1. The number of nitriles is 1. The predicted octanol–water partition coefficient (Wildman–Crippen LogP) is 3.04. The average molecular weight is 375 g/mol. The molecule has 0 saturated heterocycles. The van der Waals surface area contributed by atoms with Crippen molar-refractivity contribution >= 4 is 5.82 Å². The van der Waals surface area contributed by atoms with Crippen LogP contribution in [0.3, 0.4) is 0 Å². The number of nitrogen functional groups attached to an aromatic ring is 1. The molecule has 2 heterocycles. The van der Waals surface area contributed by atoms with E-state index in [0.29, 0.717) is 29.2 Å². The molecule has 7 heteroatoms. The molecule has 0 radical (unpaired) electrons. The van der Waals surface area contributed by atoms with Crippen LogP contribution in [0.1, 0.15) is 11.1 Å². The molecule has 0 amide bonds. The van der Waals surface area contributed by atoms with E-state index in [1.165, 1.54) is 0 Å². The fourth-order valence-corrected chi connectivity index (χ4v) is 2.93. The third-order valence-electron chi connectivity index (χ3n) is 4.28. The predicted molar refractivity (Wildman–Crippen MR) is 108 cm³/mol. The monoisotopic (exact) mass is 375 g/mol. The first-order valence-corrected chi connectivity index (χ1v) is 8.61. The fourth-order valence-electron chi connectivity index (χ4n) is 2.93. The maximum atomic E-state index is 10.1. The number of hydrogen-bond donors (Lipinski definition) is 2. The first-order valence-electron chi connectivity index (χ1n) is 8.61. The third-order valence-corrected chi connectivity index (χ3v) is 4.28. The molecule has 0 fully saturated rings. The number of aromatic nitrogens is 2. The summed E-state index contributed by atoms with van der Waals surface area (Å²) < 4.78 is 5.09. The van der Waals surface area contributed by atoms with Gasteiger partial charge < -0.3 is 20.5 Å². The minimum atomic E-state index is 0.146. The van der Waals surface area contributed by atoms with E-state index in [1.807, 2.05) is 37.2 Å². The molecule has 3 aromatic rings. The number of ether oxygens (including phenoxy) is 1. The molecule has 28 heavy (non-hydrogen) atoms. The van der Waals surface area contributed by atoms with E-state index in [2.05, 4.69) is 16.0 Å². The van der Waals surface area contributed by atoms with Crippen LogP contribution in [0.4, 0.5) is 5.82 Å². The lowest BCUT2D eigenvalue weighted by Gasteiger charge is -2.14. The molecule has 7 nitrogen and oxygen atoms in total. The van der Waals surface area contributed by atoms with Gasteiger partial charge in [0.2, 0.25) is 5.88 Å². The molecule has 2 aromatic heterocycles. The molecule has 0 aliphatic heterocycles. The summed E-state index contributed by atoms with van der Waals surface area (Å²) in [5, 5.41) is 19.7. The lowest BCUT2D eigenvalue weighted by Crippen LogP contribution is -2.10. The van der Waals surface area contributed by atoms with Gasteiger partial charge in [-0.05, 0) is 43.9 Å². The maximum absolute atomic E-state index is 10.1. The van der Waals surface area contributed by atoms with Crippen molar-refractivity contribution in [1.82, 2.24) is 14.9 Å². The van der Waals surface area contributed by atoms with E-state index >= 15 is 0 Å². The molecule has 0 atom stereocenters. The Kier molecular flexibility index (Phi) is 5.43. The largest absolute Gasteiger partial charge is 0.508 e. The van der Waals surface area contributed by atoms with Gasteiger partial charge in [0.1, 0.15) is 23.2 Å². The molecular formula is C21H21N5O2. The third kappa shape index (κ3) is 3.87. The zero-order chi connectivity index (χ0) is 20.3. The zero-order valence-corrected chi connectivity index (χ0v) is 16.0. The van der Waals surface area contributed by atoms with Gasteiger partial charge in [-0.15, -0.1) is 0 Å². The van der Waals surface area contributed by atoms with Crippen molar-refractivity contribution in [3.63, 3.8) is 0 Å². The number of anilines is 1. The van der Waals surface area contributed by atoms with Gasteiger partial charge in [0, 0.05) is 35.5 Å². The molecule has 142 valence electrons. The highest BCUT2D eigenvalue weighted by atomic mass is 16.5. The quantitative estimate of drug-likeness (QED) is 0.705. The molecule has 0 unspecified atom stereocenters. The smallest absolute Gasteiger partial charge is 0.212 e. The van der Waals surface area contributed by atoms with Crippen LogP contribution in [0.5, 0.6) is 11.6 Å². The summed E-state index contributed by atoms with van der Waals surface area (Å²) in [6, 6.07) is 12.8. The number of methoxy groups -OCH3 is 1. The van der Waals surface area contributed by atoms with Gasteiger partial charge in [-0.25, -0.2) is 9.97 Å². The molecular weight excluding hydrogens is 354 g/mol. The topological polar surface area (TPSA) is 108 Å². The Morgan fingerprint density at radius 3 is 2.54 bits per heavy atom. The number of benzene rings is 1. The maximum Gasteiger partial charge on any atom is 0.212 e. The average Bonchev–Trinajstić information content (AvgIpc) is 2.68. The van der Waals surface area contributed by atoms with Gasteiger partial charge >= 0.3 is 0 Å². The van der Waals surface area contributed by atoms with Gasteiger partial charge in [0.05, 0.1) is 12.8 Å². The highest BCUT2D eigenvalue weighted by molar-refractivity contribution is 5.80. The number of phenols is 1. The zero-order valence-electron chi connectivity index (χ0n) is 16.0. The van der Waals surface area contributed by atoms with Crippen LogP contribution in [-0.2, 0) is 6.54 Å². The molecule has 0 saturated carbocycles. The van der Waals surface area contributed by atoms with Crippen LogP contribution in [-0.4, -0.2) is 41.2 Å². The molecule has 3 N–H and O–H groups in total. The molecule has 0 aliphatic carbocycles. The second-order valence-corrected chi connectivity index (χ2v) is 6.60. The molecule has 0 spiro atoms. The highest BCUT2D eigenvalue weighted by Gasteiger charge is 2.15. The minimum absolute atomic E-state index is 0.146. The van der Waals surface area contributed by atoms with Crippen LogP contribution in [0, 0.1) is 11.3 Å². The summed E-state index contributed by atoms with van der Waals surface area (Å²) >= 11 is 0. The number of hydrogen-bond acceptors (Lipinski definition) is 7. The number of nitrogens with zero attached hydrogens (tertiary/aromatic N) is 4. The molecule has 1 aromatic carbocycles. The molecule has 3 rings (SSSR count). The van der Waals surface area contributed by atoms with Gasteiger partial charge in [-0.1, -0.05) is 6.07 Å². The lowest BCUT2D eigenvalue weighted by molar-refractivity contribution is 0.386. The van der Waals surface area contributed by atoms with Crippen molar-refractivity contribution in [2.45, 2.75) is 6.54 Å². The Bertz CT molecular complexity index is 1040. The van der Waals surface area contributed by atoms with Crippen molar-refractivity contribution in [2.24, 2.45) is 0 Å². The van der Waals surface area contributed by atoms with Gasteiger partial charge in [-0.2, -0.15) is 5.26 Å². The van der Waals surface area contributed by atoms with E-state index in [9.17, 15) is 10.4 Å². The van der Waals surface area contributed by atoms with E-state index in [0.717, 1.165) is 16.7 Å². The van der Waals surface area contributed by atoms with E-state index in [1.54, 1.807) is 31.5 Å². The summed E-state index contributed by atoms with van der Waals surface area (Å²) in [7, 11) is 5.40. The van der Waals surface area contributed by atoms with Crippen LogP contribution in [0.2, 0.25) is 0 Å². The summed E-state index contributed by atoms with van der Waals surface area (Å²) in [4.78, 5) is 10.5. The number of rotatable bonds is 5. The lowest BCUT2D eigenvalue weighted by atomic mass is 9.97. The number of nitrogens with two attached hydrogens (primary N) is 1. The van der Waals surface area contributed by atoms with Crippen LogP contribution < -0.4 is 10.5 Å². The minimum Gasteiger partial charge on any atom is -0.508 e. The SMILES string of the molecule is COc1ccc(-c2cc(-c3ccc(O)c(CN(C)C)c3)c(C#N)c(N)n2)cn1. The van der Waals surface area contributed by atoms with Crippen molar-refractivity contribution < 1.29 is 9.84 Å². The van der Waals surface area contributed by atoms with Crippen LogP contribution >= 0.6 is 0 Å². The van der Waals surface area contributed by atoms with Gasteiger partial charge in [0.25, 0.3) is 0 Å². The van der Waals surface area contributed by atoms with Crippen LogP contribution in [0.25, 0.3) is 22.4 Å². The summed E-state index contributed by atoms with van der Waals surface area (Å²) in [6.45, 7) is 0.567. The summed E-state index contributed by atoms with van der Waals surface area (Å²) in [5.41, 5.74) is 9.92. The van der Waals surface area contributed by atoms with Crippen molar-refractivity contribution in [3.05, 3.63) is 53.7 Å². The van der Waals surface area contributed by atoms with E-state index in [4.69, 9.17) is 10.5 Å². The van der Waals surface area contributed by atoms with Gasteiger partial charge in [0.15, 0.2) is 0 Å². The Morgan fingerprint density at radius 1 is 1.18 bits per heavy atom. The highest BCUT2D eigenvalue weighted by Crippen LogP contribution is 2.33. The Hall–Kier alpha value is -3.63. The number of aromatic hydroxyl groups is 1. The normalized spacial score (nSPS) is 10.7. The van der Waals surface area contributed by atoms with Crippen molar-refractivity contribution in [3.8, 4) is 40.1 Å². The van der Waals surface area contributed by atoms with Crippen molar-refractivity contribution in [2.75, 3.05) is 26.9 Å². The van der Waals surface area contributed by atoms with E-state index < -0.39 is 0 Å². The summed E-state index contributed by atoms with van der Waals surface area (Å²) in [6.07, 6.45) is 1.64. The van der Waals surface area contributed by atoms with Crippen LogP contribution in [0.15, 0.2) is 42.6 Å². The van der Waals surface area contributed by atoms with Crippen molar-refractivity contribution in [1.29, 1.82) is 5.26 Å². The first-order chi connectivity index (χ1) is 13.4. The standard InChI is InChI=1S/C21H21N5O2/c1-26(2)12-15-8-13(4-6-19(15)27)16-9-18(25-21(23)17(16)10-22)14-5-7-20(28-3)24-11-14/h4-9,11,27H,12H2,1-3H3,(H2,23,25). The fraction of sp³-hybridized carbons (Fsp3) is 0.190. The second-order valence-electron chi connectivity index (χ2n) is 6.60. The van der Waals surface area contributed by atoms with Gasteiger partial charge in [-0.3, -0.25) is 0 Å².